The number of nitrogens with zero attached hydrogens (tertiary/aromatic N) is 5. The van der Waals surface area contributed by atoms with Gasteiger partial charge in [-0.1, -0.05) is 4.49 Å². The second-order valence-corrected chi connectivity index (χ2v) is 5.21. The molecule has 0 spiro atoms. The molecule has 0 unspecified atom stereocenters. The molecule has 3 aromatic heterocycles. The van der Waals surface area contributed by atoms with Gasteiger partial charge in [0.15, 0.2) is 0 Å². The molecule has 0 saturated carbocycles. The largest absolute Gasteiger partial charge is 0.345 e. The molecule has 1 N–H and O–H groups in total. The lowest BCUT2D eigenvalue weighted by Crippen LogP contribution is -2.23. The molecule has 0 aromatic carbocycles. The Morgan fingerprint density at radius 3 is 2.68 bits per heavy atom. The third kappa shape index (κ3) is 2.96. The van der Waals surface area contributed by atoms with Crippen molar-refractivity contribution in [3.05, 3.63) is 53.2 Å². The first-order valence-electron chi connectivity index (χ1n) is 6.53. The number of carbonyl (C=O) groups is 1. The summed E-state index contributed by atoms with van der Waals surface area (Å²) >= 11 is 1.08. The molecule has 0 aliphatic heterocycles. The number of carbonyl (C=O) groups excluding carboxylic acids is 1. The molecule has 0 radical (unpaired) electrons. The van der Waals surface area contributed by atoms with Crippen LogP contribution in [-0.2, 0) is 6.54 Å². The molecule has 22 heavy (non-hydrogen) atoms. The number of rotatable bonds is 4. The Balaban J connectivity index is 1.79. The van der Waals surface area contributed by atoms with E-state index in [1.165, 1.54) is 0 Å². The van der Waals surface area contributed by atoms with E-state index in [9.17, 15) is 4.79 Å². The maximum Gasteiger partial charge on any atom is 0.265 e. The molecule has 0 aliphatic carbocycles. The fourth-order valence-corrected chi connectivity index (χ4v) is 2.50. The fraction of sp³-hybridized carbons (Fsp3) is 0.143. The van der Waals surface area contributed by atoms with Crippen LogP contribution in [0, 0.1) is 6.92 Å². The Kier molecular flexibility index (Phi) is 4.10. The first-order valence-corrected chi connectivity index (χ1v) is 7.30. The van der Waals surface area contributed by atoms with E-state index >= 15 is 0 Å². The molecule has 1 amide bonds. The molecule has 0 saturated heterocycles. The highest BCUT2D eigenvalue weighted by molar-refractivity contribution is 7.07. The molecule has 0 atom stereocenters. The van der Waals surface area contributed by atoms with E-state index in [1.807, 2.05) is 12.1 Å². The van der Waals surface area contributed by atoms with Crippen molar-refractivity contribution >= 4 is 17.4 Å². The van der Waals surface area contributed by atoms with Gasteiger partial charge in [0.25, 0.3) is 5.91 Å². The Labute approximate surface area is 130 Å². The highest BCUT2D eigenvalue weighted by Crippen LogP contribution is 2.18. The van der Waals surface area contributed by atoms with Gasteiger partial charge in [-0.2, -0.15) is 0 Å². The number of aryl methyl sites for hydroxylation is 1. The number of nitrogens with one attached hydrogen (secondary N) is 1. The second-order valence-electron chi connectivity index (χ2n) is 4.46. The zero-order chi connectivity index (χ0) is 15.4. The molecule has 0 aliphatic rings. The van der Waals surface area contributed by atoms with Gasteiger partial charge in [-0.25, -0.2) is 0 Å². The van der Waals surface area contributed by atoms with E-state index in [-0.39, 0.29) is 12.5 Å². The molecule has 3 aromatic rings. The van der Waals surface area contributed by atoms with Gasteiger partial charge in [0, 0.05) is 30.4 Å². The third-order valence-electron chi connectivity index (χ3n) is 3.00. The summed E-state index contributed by atoms with van der Waals surface area (Å²) in [6, 6.07) is 3.71. The number of pyridine rings is 1. The first kappa shape index (κ1) is 14.2. The predicted molar refractivity (Wildman–Crippen MR) is 81.1 cm³/mol. The van der Waals surface area contributed by atoms with Crippen LogP contribution < -0.4 is 5.32 Å². The number of hydrogen-bond acceptors (Lipinski definition) is 7. The Morgan fingerprint density at radius 1 is 1.18 bits per heavy atom. The van der Waals surface area contributed by atoms with Gasteiger partial charge >= 0.3 is 0 Å². The Hall–Kier alpha value is -2.74. The third-order valence-corrected chi connectivity index (χ3v) is 3.83. The summed E-state index contributed by atoms with van der Waals surface area (Å²) in [6.45, 7) is 2.03. The van der Waals surface area contributed by atoms with Crippen LogP contribution in [0.2, 0.25) is 0 Å². The normalized spacial score (nSPS) is 10.4. The summed E-state index contributed by atoms with van der Waals surface area (Å²) in [5, 5.41) is 6.66. The average Bonchev–Trinajstić information content (AvgIpc) is 3.00. The predicted octanol–water partition coefficient (Wildman–Crippen LogP) is 1.63. The van der Waals surface area contributed by atoms with E-state index < -0.39 is 0 Å². The van der Waals surface area contributed by atoms with Crippen molar-refractivity contribution in [1.82, 2.24) is 29.9 Å². The zero-order valence-corrected chi connectivity index (χ0v) is 12.5. The van der Waals surface area contributed by atoms with Crippen molar-refractivity contribution in [2.45, 2.75) is 13.5 Å². The second kappa shape index (κ2) is 6.35. The lowest BCUT2D eigenvalue weighted by Gasteiger charge is -2.08. The van der Waals surface area contributed by atoms with Crippen LogP contribution in [0.5, 0.6) is 0 Å². The van der Waals surface area contributed by atoms with Gasteiger partial charge in [0.1, 0.15) is 4.88 Å². The monoisotopic (exact) mass is 312 g/mol. The van der Waals surface area contributed by atoms with Crippen LogP contribution in [0.4, 0.5) is 0 Å². The van der Waals surface area contributed by atoms with Crippen LogP contribution in [0.3, 0.4) is 0 Å². The molecule has 0 bridgehead atoms. The van der Waals surface area contributed by atoms with Crippen LogP contribution in [-0.4, -0.2) is 30.4 Å². The quantitative estimate of drug-likeness (QED) is 0.787. The summed E-state index contributed by atoms with van der Waals surface area (Å²) in [4.78, 5) is 25.3. The van der Waals surface area contributed by atoms with Crippen LogP contribution in [0.1, 0.15) is 21.1 Å². The summed E-state index contributed by atoms with van der Waals surface area (Å²) < 4.78 is 3.76. The van der Waals surface area contributed by atoms with Crippen molar-refractivity contribution in [1.29, 1.82) is 0 Å². The standard InChI is InChI=1S/C14H12N6OS/c1-9-13(22-20-19-9)14(21)18-8-11-12(17-7-6-16-11)10-2-4-15-5-3-10/h2-7H,8H2,1H3,(H,18,21). The summed E-state index contributed by atoms with van der Waals surface area (Å²) in [5.74, 6) is -0.209. The maximum absolute atomic E-state index is 12.1. The molecular formula is C14H12N6OS. The molecule has 8 heteroatoms. The SMILES string of the molecule is Cc1nnsc1C(=O)NCc1nccnc1-c1ccncc1. The van der Waals surface area contributed by atoms with Crippen molar-refractivity contribution in [2.75, 3.05) is 0 Å². The van der Waals surface area contributed by atoms with Gasteiger partial charge in [0.2, 0.25) is 0 Å². The highest BCUT2D eigenvalue weighted by Gasteiger charge is 2.14. The van der Waals surface area contributed by atoms with Gasteiger partial charge in [-0.15, -0.1) is 5.10 Å². The molecule has 7 nitrogen and oxygen atoms in total. The molecule has 0 fully saturated rings. The van der Waals surface area contributed by atoms with E-state index in [0.29, 0.717) is 16.3 Å². The van der Waals surface area contributed by atoms with Crippen molar-refractivity contribution < 1.29 is 4.79 Å². The topological polar surface area (TPSA) is 93.6 Å². The van der Waals surface area contributed by atoms with Gasteiger partial charge in [-0.05, 0) is 30.6 Å². The molecule has 3 rings (SSSR count). The summed E-state index contributed by atoms with van der Waals surface area (Å²) in [5.41, 5.74) is 2.94. The maximum atomic E-state index is 12.1. The smallest absolute Gasteiger partial charge is 0.265 e. The number of aromatic nitrogens is 5. The van der Waals surface area contributed by atoms with Gasteiger partial charge < -0.3 is 5.32 Å². The molecular weight excluding hydrogens is 300 g/mol. The first-order chi connectivity index (χ1) is 10.8. The average molecular weight is 312 g/mol. The lowest BCUT2D eigenvalue weighted by atomic mass is 10.1. The number of hydrogen-bond donors (Lipinski definition) is 1. The van der Waals surface area contributed by atoms with Gasteiger partial charge in [-0.3, -0.25) is 19.7 Å². The zero-order valence-electron chi connectivity index (χ0n) is 11.7. The fourth-order valence-electron chi connectivity index (χ4n) is 1.93. The Bertz CT molecular complexity index is 789. The number of amides is 1. The minimum absolute atomic E-state index is 0.209. The summed E-state index contributed by atoms with van der Waals surface area (Å²) in [6.07, 6.45) is 6.61. The molecule has 110 valence electrons. The minimum Gasteiger partial charge on any atom is -0.345 e. The van der Waals surface area contributed by atoms with Gasteiger partial charge in [0.05, 0.1) is 23.6 Å². The van der Waals surface area contributed by atoms with E-state index in [1.54, 1.807) is 31.7 Å². The lowest BCUT2D eigenvalue weighted by molar-refractivity contribution is 0.0953. The summed E-state index contributed by atoms with van der Waals surface area (Å²) in [7, 11) is 0. The van der Waals surface area contributed by atoms with Crippen LogP contribution in [0.15, 0.2) is 36.9 Å². The van der Waals surface area contributed by atoms with Crippen LogP contribution >= 0.6 is 11.5 Å². The Morgan fingerprint density at radius 2 is 1.95 bits per heavy atom. The minimum atomic E-state index is -0.209. The van der Waals surface area contributed by atoms with Crippen molar-refractivity contribution in [3.63, 3.8) is 0 Å². The van der Waals surface area contributed by atoms with E-state index in [4.69, 9.17) is 0 Å². The van der Waals surface area contributed by atoms with Crippen molar-refractivity contribution in [3.8, 4) is 11.3 Å². The highest BCUT2D eigenvalue weighted by atomic mass is 32.1. The van der Waals surface area contributed by atoms with Crippen LogP contribution in [0.25, 0.3) is 11.3 Å². The van der Waals surface area contributed by atoms with Crippen molar-refractivity contribution in [2.24, 2.45) is 0 Å². The molecule has 3 heterocycles. The van der Waals surface area contributed by atoms with E-state index in [0.717, 1.165) is 22.8 Å². The van der Waals surface area contributed by atoms with E-state index in [2.05, 4.69) is 29.9 Å².